The first-order chi connectivity index (χ1) is 8.72. The van der Waals surface area contributed by atoms with Crippen molar-refractivity contribution in [2.75, 3.05) is 6.61 Å². The highest BCUT2D eigenvalue weighted by atomic mass is 16.5. The predicted octanol–water partition coefficient (Wildman–Crippen LogP) is 3.09. The molecule has 3 nitrogen and oxygen atoms in total. The third kappa shape index (κ3) is 2.08. The normalized spacial score (nSPS) is 13.9. The Labute approximate surface area is 107 Å². The lowest BCUT2D eigenvalue weighted by Gasteiger charge is -2.17. The first-order valence-corrected chi connectivity index (χ1v) is 6.31. The molecule has 0 spiro atoms. The van der Waals surface area contributed by atoms with Gasteiger partial charge in [-0.25, -0.2) is 9.97 Å². The number of aromatic nitrogens is 2. The first-order valence-electron chi connectivity index (χ1n) is 6.31. The molecule has 3 rings (SSSR count). The monoisotopic (exact) mass is 240 g/mol. The zero-order valence-corrected chi connectivity index (χ0v) is 10.7. The van der Waals surface area contributed by atoms with Crippen molar-refractivity contribution in [2.45, 2.75) is 26.7 Å². The standard InChI is InChI=1S/C15H16N2O/c1-10-8-14(17-11(2)16-10)13-6-5-12-4-3-7-18-15(12)9-13/h5-6,8-9H,3-4,7H2,1-2H3. The van der Waals surface area contributed by atoms with Crippen molar-refractivity contribution in [1.82, 2.24) is 9.97 Å². The predicted molar refractivity (Wildman–Crippen MR) is 70.8 cm³/mol. The molecule has 2 heterocycles. The summed E-state index contributed by atoms with van der Waals surface area (Å²) in [5.41, 5.74) is 4.37. The van der Waals surface area contributed by atoms with E-state index < -0.39 is 0 Å². The van der Waals surface area contributed by atoms with Crippen LogP contribution >= 0.6 is 0 Å². The van der Waals surface area contributed by atoms with E-state index in [0.717, 1.165) is 48.0 Å². The van der Waals surface area contributed by atoms with Crippen LogP contribution < -0.4 is 4.74 Å². The maximum atomic E-state index is 5.70. The molecular formula is C15H16N2O. The number of ether oxygens (including phenoxy) is 1. The van der Waals surface area contributed by atoms with Crippen LogP contribution in [0.25, 0.3) is 11.3 Å². The van der Waals surface area contributed by atoms with Crippen molar-refractivity contribution >= 4 is 0 Å². The molecule has 0 fully saturated rings. The summed E-state index contributed by atoms with van der Waals surface area (Å²) in [4.78, 5) is 8.79. The van der Waals surface area contributed by atoms with Gasteiger partial charge in [0.2, 0.25) is 0 Å². The molecule has 0 atom stereocenters. The van der Waals surface area contributed by atoms with Crippen molar-refractivity contribution < 1.29 is 4.74 Å². The Bertz CT molecular complexity index is 573. The molecule has 92 valence electrons. The lowest BCUT2D eigenvalue weighted by molar-refractivity contribution is 0.288. The number of nitrogens with zero attached hydrogens (tertiary/aromatic N) is 2. The van der Waals surface area contributed by atoms with Crippen LogP contribution in [0.5, 0.6) is 5.75 Å². The van der Waals surface area contributed by atoms with E-state index in [1.807, 2.05) is 19.9 Å². The molecule has 0 saturated heterocycles. The molecule has 1 aromatic carbocycles. The summed E-state index contributed by atoms with van der Waals surface area (Å²) in [6, 6.07) is 8.37. The summed E-state index contributed by atoms with van der Waals surface area (Å²) in [7, 11) is 0. The van der Waals surface area contributed by atoms with Crippen LogP contribution in [0, 0.1) is 13.8 Å². The number of rotatable bonds is 1. The van der Waals surface area contributed by atoms with E-state index in [1.54, 1.807) is 0 Å². The smallest absolute Gasteiger partial charge is 0.126 e. The van der Waals surface area contributed by atoms with Gasteiger partial charge in [-0.05, 0) is 44.4 Å². The van der Waals surface area contributed by atoms with Gasteiger partial charge < -0.3 is 4.74 Å². The van der Waals surface area contributed by atoms with Crippen LogP contribution in [0.2, 0.25) is 0 Å². The van der Waals surface area contributed by atoms with E-state index in [9.17, 15) is 0 Å². The van der Waals surface area contributed by atoms with E-state index in [4.69, 9.17) is 4.74 Å². The summed E-state index contributed by atoms with van der Waals surface area (Å²) >= 11 is 0. The topological polar surface area (TPSA) is 35.0 Å². The number of aryl methyl sites for hydroxylation is 3. The fourth-order valence-electron chi connectivity index (χ4n) is 2.36. The molecule has 0 radical (unpaired) electrons. The third-order valence-electron chi connectivity index (χ3n) is 3.18. The Morgan fingerprint density at radius 1 is 1.11 bits per heavy atom. The van der Waals surface area contributed by atoms with E-state index in [2.05, 4.69) is 28.2 Å². The second-order valence-electron chi connectivity index (χ2n) is 4.72. The Kier molecular flexibility index (Phi) is 2.74. The maximum absolute atomic E-state index is 5.70. The Hall–Kier alpha value is -1.90. The Morgan fingerprint density at radius 3 is 2.83 bits per heavy atom. The molecule has 3 heteroatoms. The summed E-state index contributed by atoms with van der Waals surface area (Å²) in [5, 5.41) is 0. The maximum Gasteiger partial charge on any atom is 0.126 e. The molecular weight excluding hydrogens is 224 g/mol. The molecule has 18 heavy (non-hydrogen) atoms. The fourth-order valence-corrected chi connectivity index (χ4v) is 2.36. The highest BCUT2D eigenvalue weighted by Gasteiger charge is 2.12. The molecule has 0 bridgehead atoms. The van der Waals surface area contributed by atoms with Gasteiger partial charge in [-0.15, -0.1) is 0 Å². The van der Waals surface area contributed by atoms with Crippen LogP contribution in [-0.2, 0) is 6.42 Å². The molecule has 0 aliphatic carbocycles. The van der Waals surface area contributed by atoms with Crippen LogP contribution in [-0.4, -0.2) is 16.6 Å². The van der Waals surface area contributed by atoms with Crippen molar-refractivity contribution in [3.8, 4) is 17.0 Å². The van der Waals surface area contributed by atoms with Gasteiger partial charge in [0.1, 0.15) is 11.6 Å². The van der Waals surface area contributed by atoms with Crippen LogP contribution in [0.4, 0.5) is 0 Å². The number of fused-ring (bicyclic) bond motifs is 1. The van der Waals surface area contributed by atoms with Gasteiger partial charge in [0, 0.05) is 11.3 Å². The van der Waals surface area contributed by atoms with Gasteiger partial charge >= 0.3 is 0 Å². The molecule has 0 saturated carbocycles. The largest absolute Gasteiger partial charge is 0.493 e. The van der Waals surface area contributed by atoms with Gasteiger partial charge in [0.15, 0.2) is 0 Å². The lowest BCUT2D eigenvalue weighted by Crippen LogP contribution is -2.08. The van der Waals surface area contributed by atoms with Crippen LogP contribution in [0.1, 0.15) is 23.5 Å². The van der Waals surface area contributed by atoms with Gasteiger partial charge in [-0.3, -0.25) is 0 Å². The first kappa shape index (κ1) is 11.2. The number of hydrogen-bond donors (Lipinski definition) is 0. The van der Waals surface area contributed by atoms with Gasteiger partial charge in [0.05, 0.1) is 12.3 Å². The number of hydrogen-bond acceptors (Lipinski definition) is 3. The molecule has 1 aliphatic rings. The van der Waals surface area contributed by atoms with Gasteiger partial charge in [-0.1, -0.05) is 12.1 Å². The summed E-state index contributed by atoms with van der Waals surface area (Å²) < 4.78 is 5.70. The molecule has 1 aromatic heterocycles. The minimum atomic E-state index is 0.809. The van der Waals surface area contributed by atoms with Crippen LogP contribution in [0.15, 0.2) is 24.3 Å². The third-order valence-corrected chi connectivity index (χ3v) is 3.18. The number of benzene rings is 1. The average Bonchev–Trinajstić information content (AvgIpc) is 2.37. The Balaban J connectivity index is 2.06. The van der Waals surface area contributed by atoms with E-state index in [1.165, 1.54) is 5.56 Å². The average molecular weight is 240 g/mol. The van der Waals surface area contributed by atoms with Crippen LogP contribution in [0.3, 0.4) is 0 Å². The minimum absolute atomic E-state index is 0.809. The fraction of sp³-hybridized carbons (Fsp3) is 0.333. The molecule has 0 amide bonds. The van der Waals surface area contributed by atoms with E-state index >= 15 is 0 Å². The zero-order valence-electron chi connectivity index (χ0n) is 10.7. The van der Waals surface area contributed by atoms with Crippen molar-refractivity contribution in [1.29, 1.82) is 0 Å². The van der Waals surface area contributed by atoms with Crippen molar-refractivity contribution in [2.24, 2.45) is 0 Å². The van der Waals surface area contributed by atoms with Gasteiger partial charge in [-0.2, -0.15) is 0 Å². The van der Waals surface area contributed by atoms with Gasteiger partial charge in [0.25, 0.3) is 0 Å². The van der Waals surface area contributed by atoms with E-state index in [-0.39, 0.29) is 0 Å². The van der Waals surface area contributed by atoms with E-state index in [0.29, 0.717) is 0 Å². The second-order valence-corrected chi connectivity index (χ2v) is 4.72. The molecule has 2 aromatic rings. The quantitative estimate of drug-likeness (QED) is 0.768. The molecule has 0 N–H and O–H groups in total. The zero-order chi connectivity index (χ0) is 12.5. The summed E-state index contributed by atoms with van der Waals surface area (Å²) in [6.45, 7) is 4.73. The second kappa shape index (κ2) is 4.41. The lowest BCUT2D eigenvalue weighted by atomic mass is 10.0. The minimum Gasteiger partial charge on any atom is -0.493 e. The Morgan fingerprint density at radius 2 is 2.00 bits per heavy atom. The molecule has 0 unspecified atom stereocenters. The highest BCUT2D eigenvalue weighted by molar-refractivity contribution is 5.63. The SMILES string of the molecule is Cc1cc(-c2ccc3c(c2)OCCC3)nc(C)n1. The summed E-state index contributed by atoms with van der Waals surface area (Å²) in [5.74, 6) is 1.82. The van der Waals surface area contributed by atoms with Crippen molar-refractivity contribution in [3.63, 3.8) is 0 Å². The molecule has 1 aliphatic heterocycles. The highest BCUT2D eigenvalue weighted by Crippen LogP contribution is 2.29. The summed E-state index contributed by atoms with van der Waals surface area (Å²) in [6.07, 6.45) is 2.22. The van der Waals surface area contributed by atoms with Crippen molar-refractivity contribution in [3.05, 3.63) is 41.3 Å².